The number of rotatable bonds is 4. The van der Waals surface area contributed by atoms with Crippen LogP contribution in [0.15, 0.2) is 24.3 Å². The van der Waals surface area contributed by atoms with Gasteiger partial charge in [0.15, 0.2) is 0 Å². The molecule has 0 aliphatic heterocycles. The molecule has 0 aromatic heterocycles. The van der Waals surface area contributed by atoms with Crippen molar-refractivity contribution >= 4 is 29.7 Å². The van der Waals surface area contributed by atoms with Crippen molar-refractivity contribution in [1.29, 1.82) is 0 Å². The molecule has 16 heavy (non-hydrogen) atoms. The lowest BCUT2D eigenvalue weighted by Gasteiger charge is -2.07. The van der Waals surface area contributed by atoms with Crippen LogP contribution in [0, 0.1) is 5.92 Å². The first-order chi connectivity index (χ1) is 7.25. The normalized spacial score (nSPS) is 14.0. The van der Waals surface area contributed by atoms with Crippen LogP contribution >= 0.6 is 12.4 Å². The number of anilines is 2. The van der Waals surface area contributed by atoms with Gasteiger partial charge in [-0.2, -0.15) is 0 Å². The van der Waals surface area contributed by atoms with Gasteiger partial charge in [0, 0.05) is 6.42 Å². The van der Waals surface area contributed by atoms with Gasteiger partial charge in [-0.05, 0) is 24.5 Å². The summed E-state index contributed by atoms with van der Waals surface area (Å²) in [5.74, 6) is 0.865. The Balaban J connectivity index is 0.00000128. The molecule has 1 aromatic carbocycles. The van der Waals surface area contributed by atoms with Gasteiger partial charge in [-0.15, -0.1) is 12.4 Å². The predicted molar refractivity (Wildman–Crippen MR) is 68.7 cm³/mol. The smallest absolute Gasteiger partial charge is 0.224 e. The number of nitrogens with one attached hydrogen (secondary N) is 1. The molecule has 4 heteroatoms. The summed E-state index contributed by atoms with van der Waals surface area (Å²) < 4.78 is 0. The fourth-order valence-electron chi connectivity index (χ4n) is 1.57. The van der Waals surface area contributed by atoms with Crippen LogP contribution < -0.4 is 11.1 Å². The van der Waals surface area contributed by atoms with Crippen molar-refractivity contribution in [3.8, 4) is 0 Å². The Labute approximate surface area is 102 Å². The number of carbonyl (C=O) groups is 1. The molecule has 1 aliphatic rings. The van der Waals surface area contributed by atoms with Crippen molar-refractivity contribution in [2.75, 3.05) is 11.1 Å². The molecule has 0 bridgehead atoms. The zero-order valence-electron chi connectivity index (χ0n) is 9.11. The largest absolute Gasteiger partial charge is 0.397 e. The maximum Gasteiger partial charge on any atom is 0.224 e. The molecule has 0 atom stereocenters. The highest BCUT2D eigenvalue weighted by Crippen LogP contribution is 2.33. The van der Waals surface area contributed by atoms with Gasteiger partial charge in [0.05, 0.1) is 11.4 Å². The molecular formula is C12H17ClN2O. The van der Waals surface area contributed by atoms with Gasteiger partial charge in [-0.1, -0.05) is 25.0 Å². The van der Waals surface area contributed by atoms with Crippen LogP contribution in [0.3, 0.4) is 0 Å². The second-order valence-corrected chi connectivity index (χ2v) is 4.12. The van der Waals surface area contributed by atoms with Crippen LogP contribution in [-0.4, -0.2) is 5.91 Å². The first-order valence-electron chi connectivity index (χ1n) is 5.40. The molecule has 2 rings (SSSR count). The fourth-order valence-corrected chi connectivity index (χ4v) is 1.57. The molecule has 1 fully saturated rings. The van der Waals surface area contributed by atoms with E-state index in [1.165, 1.54) is 12.8 Å². The van der Waals surface area contributed by atoms with E-state index in [-0.39, 0.29) is 18.3 Å². The fraction of sp³-hybridized carbons (Fsp3) is 0.417. The Hall–Kier alpha value is -1.22. The minimum absolute atomic E-state index is 0. The molecule has 1 aromatic rings. The standard InChI is InChI=1S/C12H16N2O.ClH/c13-10-3-1-2-4-11(10)14-12(15)8-7-9-5-6-9;/h1-4,9H,5-8,13H2,(H,14,15);1H. The zero-order valence-corrected chi connectivity index (χ0v) is 9.93. The summed E-state index contributed by atoms with van der Waals surface area (Å²) in [6.45, 7) is 0. The third-order valence-corrected chi connectivity index (χ3v) is 2.71. The zero-order chi connectivity index (χ0) is 10.7. The van der Waals surface area contributed by atoms with Gasteiger partial charge in [0.2, 0.25) is 5.91 Å². The van der Waals surface area contributed by atoms with E-state index in [2.05, 4.69) is 5.32 Å². The van der Waals surface area contributed by atoms with Crippen LogP contribution in [0.25, 0.3) is 0 Å². The minimum Gasteiger partial charge on any atom is -0.397 e. The first kappa shape index (κ1) is 12.8. The van der Waals surface area contributed by atoms with E-state index < -0.39 is 0 Å². The van der Waals surface area contributed by atoms with Gasteiger partial charge < -0.3 is 11.1 Å². The monoisotopic (exact) mass is 240 g/mol. The summed E-state index contributed by atoms with van der Waals surface area (Å²) in [4.78, 5) is 11.5. The first-order valence-corrected chi connectivity index (χ1v) is 5.40. The lowest BCUT2D eigenvalue weighted by atomic mass is 10.2. The molecule has 88 valence electrons. The number of halogens is 1. The van der Waals surface area contributed by atoms with Crippen LogP contribution in [0.1, 0.15) is 25.7 Å². The van der Waals surface area contributed by atoms with Gasteiger partial charge in [-0.25, -0.2) is 0 Å². The Morgan fingerprint density at radius 1 is 1.38 bits per heavy atom. The lowest BCUT2D eigenvalue weighted by Crippen LogP contribution is -2.12. The Bertz CT molecular complexity index is 364. The summed E-state index contributed by atoms with van der Waals surface area (Å²) in [5, 5.41) is 2.83. The second kappa shape index (κ2) is 5.75. The van der Waals surface area contributed by atoms with Gasteiger partial charge in [0.25, 0.3) is 0 Å². The van der Waals surface area contributed by atoms with E-state index in [1.54, 1.807) is 6.07 Å². The number of carbonyl (C=O) groups excluding carboxylic acids is 1. The molecule has 3 N–H and O–H groups in total. The van der Waals surface area contributed by atoms with Gasteiger partial charge in [0.1, 0.15) is 0 Å². The Morgan fingerprint density at radius 2 is 2.06 bits per heavy atom. The molecule has 0 heterocycles. The van der Waals surface area contributed by atoms with Crippen LogP contribution in [0.4, 0.5) is 11.4 Å². The molecule has 1 amide bonds. The summed E-state index contributed by atoms with van der Waals surface area (Å²) >= 11 is 0. The van der Waals surface area contributed by atoms with Crippen LogP contribution in [0.2, 0.25) is 0 Å². The van der Waals surface area contributed by atoms with E-state index in [1.807, 2.05) is 18.2 Å². The lowest BCUT2D eigenvalue weighted by molar-refractivity contribution is -0.116. The minimum atomic E-state index is 0. The molecule has 0 saturated heterocycles. The predicted octanol–water partition coefficient (Wildman–Crippen LogP) is 2.82. The van der Waals surface area contributed by atoms with Crippen molar-refractivity contribution in [3.05, 3.63) is 24.3 Å². The molecule has 0 unspecified atom stereocenters. The quantitative estimate of drug-likeness (QED) is 0.796. The van der Waals surface area contributed by atoms with Crippen molar-refractivity contribution in [1.82, 2.24) is 0 Å². The third kappa shape index (κ3) is 3.74. The summed E-state index contributed by atoms with van der Waals surface area (Å²) in [5.41, 5.74) is 7.07. The summed E-state index contributed by atoms with van der Waals surface area (Å²) in [6.07, 6.45) is 4.21. The molecular weight excluding hydrogens is 224 g/mol. The van der Waals surface area contributed by atoms with E-state index in [4.69, 9.17) is 5.73 Å². The summed E-state index contributed by atoms with van der Waals surface area (Å²) in [6, 6.07) is 7.34. The molecule has 0 spiro atoms. The highest BCUT2D eigenvalue weighted by Gasteiger charge is 2.21. The van der Waals surface area contributed by atoms with Crippen molar-refractivity contribution in [2.24, 2.45) is 5.92 Å². The number of nitrogen functional groups attached to an aromatic ring is 1. The van der Waals surface area contributed by atoms with Crippen molar-refractivity contribution < 1.29 is 4.79 Å². The molecule has 1 saturated carbocycles. The topological polar surface area (TPSA) is 55.1 Å². The van der Waals surface area contributed by atoms with E-state index in [0.29, 0.717) is 12.1 Å². The van der Waals surface area contributed by atoms with Crippen molar-refractivity contribution in [3.63, 3.8) is 0 Å². The Kier molecular flexibility index (Phi) is 4.62. The number of hydrogen-bond donors (Lipinski definition) is 2. The van der Waals surface area contributed by atoms with E-state index in [9.17, 15) is 4.79 Å². The molecule has 1 aliphatic carbocycles. The number of amides is 1. The van der Waals surface area contributed by atoms with Crippen LogP contribution in [0.5, 0.6) is 0 Å². The van der Waals surface area contributed by atoms with Gasteiger partial charge >= 0.3 is 0 Å². The van der Waals surface area contributed by atoms with Gasteiger partial charge in [-0.3, -0.25) is 4.79 Å². The maximum absolute atomic E-state index is 11.5. The third-order valence-electron chi connectivity index (χ3n) is 2.71. The average molecular weight is 241 g/mol. The van der Waals surface area contributed by atoms with E-state index in [0.717, 1.165) is 18.0 Å². The molecule has 0 radical (unpaired) electrons. The van der Waals surface area contributed by atoms with Crippen molar-refractivity contribution in [2.45, 2.75) is 25.7 Å². The Morgan fingerprint density at radius 3 is 2.69 bits per heavy atom. The molecule has 3 nitrogen and oxygen atoms in total. The highest BCUT2D eigenvalue weighted by molar-refractivity contribution is 5.93. The number of para-hydroxylation sites is 2. The SMILES string of the molecule is Cl.Nc1ccccc1NC(=O)CCC1CC1. The highest BCUT2D eigenvalue weighted by atomic mass is 35.5. The van der Waals surface area contributed by atoms with E-state index >= 15 is 0 Å². The number of hydrogen-bond acceptors (Lipinski definition) is 2. The number of nitrogens with two attached hydrogens (primary N) is 1. The maximum atomic E-state index is 11.5. The van der Waals surface area contributed by atoms with Crippen LogP contribution in [-0.2, 0) is 4.79 Å². The second-order valence-electron chi connectivity index (χ2n) is 4.12. The summed E-state index contributed by atoms with van der Waals surface area (Å²) in [7, 11) is 0. The number of benzene rings is 1. The average Bonchev–Trinajstić information content (AvgIpc) is 3.02.